The van der Waals surface area contributed by atoms with Gasteiger partial charge in [0.2, 0.25) is 0 Å². The number of nitrogens with zero attached hydrogens (tertiary/aromatic N) is 1. The second kappa shape index (κ2) is 6.73. The van der Waals surface area contributed by atoms with Crippen molar-refractivity contribution in [1.29, 1.82) is 0 Å². The van der Waals surface area contributed by atoms with E-state index in [4.69, 9.17) is 4.74 Å². The summed E-state index contributed by atoms with van der Waals surface area (Å²) in [7, 11) is 1.75. The van der Waals surface area contributed by atoms with Crippen LogP contribution in [0.15, 0.2) is 21.5 Å². The van der Waals surface area contributed by atoms with Crippen LogP contribution in [0.5, 0.6) is 5.75 Å². The van der Waals surface area contributed by atoms with E-state index in [1.54, 1.807) is 19.1 Å². The van der Waals surface area contributed by atoms with E-state index in [0.717, 1.165) is 22.7 Å². The molecule has 0 spiro atoms. The lowest BCUT2D eigenvalue weighted by Crippen LogP contribution is -2.55. The Balaban J connectivity index is 1.69. The van der Waals surface area contributed by atoms with Crippen molar-refractivity contribution in [3.05, 3.63) is 16.6 Å². The molecule has 24 heavy (non-hydrogen) atoms. The molecule has 0 aromatic heterocycles. The van der Waals surface area contributed by atoms with Gasteiger partial charge in [0.25, 0.3) is 0 Å². The number of hydrogen-bond acceptors (Lipinski definition) is 4. The van der Waals surface area contributed by atoms with Crippen molar-refractivity contribution in [3.8, 4) is 5.75 Å². The van der Waals surface area contributed by atoms with Gasteiger partial charge < -0.3 is 9.64 Å². The SMILES string of the molecule is CCCCC1CN(C23CCC(C2)C3)c2cc(Br)c(OC)cc2SN1. The summed E-state index contributed by atoms with van der Waals surface area (Å²) in [6, 6.07) is 5.03. The fourth-order valence-electron chi connectivity index (χ4n) is 4.78. The molecule has 2 bridgehead atoms. The molecule has 1 aromatic carbocycles. The Bertz CT molecular complexity index is 612. The molecule has 4 aliphatic rings. The predicted octanol–water partition coefficient (Wildman–Crippen LogP) is 5.38. The van der Waals surface area contributed by atoms with E-state index in [2.05, 4.69) is 44.6 Å². The molecule has 3 saturated carbocycles. The first-order valence-electron chi connectivity index (χ1n) is 9.23. The summed E-state index contributed by atoms with van der Waals surface area (Å²) in [5.74, 6) is 1.90. The van der Waals surface area contributed by atoms with Gasteiger partial charge in [-0.3, -0.25) is 4.72 Å². The minimum Gasteiger partial charge on any atom is -0.496 e. The van der Waals surface area contributed by atoms with E-state index < -0.39 is 0 Å². The molecule has 0 amide bonds. The number of ether oxygens (including phenoxy) is 1. The van der Waals surface area contributed by atoms with E-state index >= 15 is 0 Å². The molecular weight excluding hydrogens is 384 g/mol. The van der Waals surface area contributed by atoms with Gasteiger partial charge in [0, 0.05) is 23.0 Å². The van der Waals surface area contributed by atoms with Crippen molar-refractivity contribution in [2.24, 2.45) is 5.92 Å². The van der Waals surface area contributed by atoms with Gasteiger partial charge in [-0.1, -0.05) is 19.8 Å². The standard InChI is InChI=1S/C19H27BrN2OS/c1-3-4-5-14-12-22(19-7-6-13(10-19)11-19)16-8-15(20)17(23-2)9-18(16)24-21-14/h8-9,13-14,21H,3-7,10-12H2,1-2H3. The molecule has 1 aliphatic heterocycles. The summed E-state index contributed by atoms with van der Waals surface area (Å²) >= 11 is 5.50. The molecule has 1 N–H and O–H groups in total. The van der Waals surface area contributed by atoms with E-state index in [9.17, 15) is 0 Å². The lowest BCUT2D eigenvalue weighted by atomic mass is 9.75. The van der Waals surface area contributed by atoms with Crippen molar-refractivity contribution < 1.29 is 4.74 Å². The Labute approximate surface area is 158 Å². The molecule has 132 valence electrons. The summed E-state index contributed by atoms with van der Waals surface area (Å²) in [6.07, 6.45) is 9.39. The van der Waals surface area contributed by atoms with Crippen molar-refractivity contribution in [3.63, 3.8) is 0 Å². The van der Waals surface area contributed by atoms with Gasteiger partial charge in [-0.25, -0.2) is 0 Å². The molecule has 3 fully saturated rings. The summed E-state index contributed by atoms with van der Waals surface area (Å²) < 4.78 is 10.3. The van der Waals surface area contributed by atoms with E-state index in [0.29, 0.717) is 11.6 Å². The zero-order valence-electron chi connectivity index (χ0n) is 14.6. The Kier molecular flexibility index (Phi) is 4.78. The second-order valence-corrected chi connectivity index (χ2v) is 9.40. The molecular formula is C19H27BrN2OS. The predicted molar refractivity (Wildman–Crippen MR) is 105 cm³/mol. The lowest BCUT2D eigenvalue weighted by molar-refractivity contribution is 0.224. The molecule has 1 heterocycles. The van der Waals surface area contributed by atoms with Crippen LogP contribution in [0.1, 0.15) is 51.9 Å². The molecule has 0 radical (unpaired) electrons. The minimum absolute atomic E-state index is 0.421. The van der Waals surface area contributed by atoms with Gasteiger partial charge in [-0.05, 0) is 78.0 Å². The highest BCUT2D eigenvalue weighted by Crippen LogP contribution is 2.58. The summed E-state index contributed by atoms with van der Waals surface area (Å²) in [6.45, 7) is 3.41. The van der Waals surface area contributed by atoms with Crippen LogP contribution in [0.3, 0.4) is 0 Å². The minimum atomic E-state index is 0.421. The number of hydrogen-bond donors (Lipinski definition) is 1. The number of anilines is 1. The van der Waals surface area contributed by atoms with Gasteiger partial charge in [0.05, 0.1) is 17.3 Å². The monoisotopic (exact) mass is 410 g/mol. The van der Waals surface area contributed by atoms with Gasteiger partial charge >= 0.3 is 0 Å². The maximum absolute atomic E-state index is 5.53. The first-order chi connectivity index (χ1) is 11.6. The molecule has 3 aliphatic carbocycles. The molecule has 1 unspecified atom stereocenters. The number of nitrogens with one attached hydrogen (secondary N) is 1. The Morgan fingerprint density at radius 2 is 2.25 bits per heavy atom. The number of benzene rings is 1. The Morgan fingerprint density at radius 3 is 2.92 bits per heavy atom. The molecule has 3 nitrogen and oxygen atoms in total. The maximum Gasteiger partial charge on any atom is 0.134 e. The molecule has 1 atom stereocenters. The number of unbranched alkanes of at least 4 members (excludes halogenated alkanes) is 1. The Morgan fingerprint density at radius 1 is 1.42 bits per heavy atom. The van der Waals surface area contributed by atoms with E-state index in [1.165, 1.54) is 55.5 Å². The third kappa shape index (κ3) is 2.86. The number of methoxy groups -OCH3 is 1. The summed E-state index contributed by atoms with van der Waals surface area (Å²) in [5.41, 5.74) is 1.81. The van der Waals surface area contributed by atoms with Crippen molar-refractivity contribution in [2.75, 3.05) is 18.6 Å². The van der Waals surface area contributed by atoms with E-state index in [1.807, 2.05) is 0 Å². The lowest BCUT2D eigenvalue weighted by Gasteiger charge is -2.50. The van der Waals surface area contributed by atoms with Crippen LogP contribution in [0, 0.1) is 5.92 Å². The first kappa shape index (κ1) is 17.0. The Hall–Kier alpha value is -0.390. The number of rotatable bonds is 5. The highest BCUT2D eigenvalue weighted by atomic mass is 79.9. The van der Waals surface area contributed by atoms with Crippen LogP contribution in [0.2, 0.25) is 0 Å². The fourth-order valence-corrected chi connectivity index (χ4v) is 6.20. The van der Waals surface area contributed by atoms with Crippen molar-refractivity contribution >= 4 is 33.6 Å². The van der Waals surface area contributed by atoms with Gasteiger partial charge in [0.15, 0.2) is 0 Å². The van der Waals surface area contributed by atoms with Crippen LogP contribution in [-0.2, 0) is 0 Å². The quantitative estimate of drug-likeness (QED) is 0.658. The van der Waals surface area contributed by atoms with Gasteiger partial charge in [-0.15, -0.1) is 0 Å². The molecule has 0 saturated heterocycles. The number of fused-ring (bicyclic) bond motifs is 2. The van der Waals surface area contributed by atoms with Crippen LogP contribution < -0.4 is 14.4 Å². The fraction of sp³-hybridized carbons (Fsp3) is 0.684. The molecule has 5 rings (SSSR count). The second-order valence-electron chi connectivity index (χ2n) is 7.66. The summed E-state index contributed by atoms with van der Waals surface area (Å²) in [5, 5.41) is 0. The van der Waals surface area contributed by atoms with Crippen LogP contribution >= 0.6 is 27.9 Å². The largest absolute Gasteiger partial charge is 0.496 e. The first-order valence-corrected chi connectivity index (χ1v) is 10.8. The number of halogens is 1. The van der Waals surface area contributed by atoms with Crippen molar-refractivity contribution in [2.45, 2.75) is 68.3 Å². The third-order valence-corrected chi connectivity index (χ3v) is 7.71. The average Bonchev–Trinajstić information content (AvgIpc) is 3.11. The van der Waals surface area contributed by atoms with Crippen molar-refractivity contribution in [1.82, 2.24) is 4.72 Å². The van der Waals surface area contributed by atoms with Gasteiger partial charge in [0.1, 0.15) is 5.75 Å². The molecule has 5 heteroatoms. The van der Waals surface area contributed by atoms with Crippen LogP contribution in [0.25, 0.3) is 0 Å². The summed E-state index contributed by atoms with van der Waals surface area (Å²) in [4.78, 5) is 4.06. The van der Waals surface area contributed by atoms with Gasteiger partial charge in [-0.2, -0.15) is 0 Å². The zero-order valence-corrected chi connectivity index (χ0v) is 17.0. The highest BCUT2D eigenvalue weighted by molar-refractivity contribution is 9.10. The third-order valence-electron chi connectivity index (χ3n) is 6.10. The van der Waals surface area contributed by atoms with Crippen LogP contribution in [0.4, 0.5) is 5.69 Å². The van der Waals surface area contributed by atoms with E-state index in [-0.39, 0.29) is 0 Å². The highest BCUT2D eigenvalue weighted by Gasteiger charge is 2.54. The molecule has 1 aromatic rings. The van der Waals surface area contributed by atoms with Crippen LogP contribution in [-0.4, -0.2) is 25.2 Å². The smallest absolute Gasteiger partial charge is 0.134 e. The maximum atomic E-state index is 5.53. The topological polar surface area (TPSA) is 24.5 Å². The average molecular weight is 411 g/mol. The zero-order chi connectivity index (χ0) is 16.7. The normalized spacial score (nSPS) is 31.4.